The smallest absolute Gasteiger partial charge is 0.345 e. The molecule has 1 rings (SSSR count). The van der Waals surface area contributed by atoms with Gasteiger partial charge in [0.1, 0.15) is 11.6 Å². The Hall–Kier alpha value is -2.29. The van der Waals surface area contributed by atoms with Crippen molar-refractivity contribution in [3.63, 3.8) is 0 Å². The van der Waals surface area contributed by atoms with Crippen molar-refractivity contribution < 1.29 is 18.7 Å². The zero-order valence-corrected chi connectivity index (χ0v) is 15.0. The molecule has 0 unspecified atom stereocenters. The summed E-state index contributed by atoms with van der Waals surface area (Å²) in [4.78, 5) is 16.6. The molecule has 0 atom stereocenters. The van der Waals surface area contributed by atoms with Gasteiger partial charge in [-0.25, -0.2) is 9.79 Å². The Morgan fingerprint density at radius 3 is 2.00 bits per heavy atom. The molecule has 0 bridgehead atoms. The molecule has 1 aromatic heterocycles. The zero-order chi connectivity index (χ0) is 18.0. The van der Waals surface area contributed by atoms with Crippen LogP contribution in [0.2, 0.25) is 0 Å². The molecular formula is C17H24N2O4. The minimum Gasteiger partial charge on any atom is -0.467 e. The van der Waals surface area contributed by atoms with Crippen molar-refractivity contribution in [3.8, 4) is 12.0 Å². The van der Waals surface area contributed by atoms with E-state index in [9.17, 15) is 10.1 Å². The highest BCUT2D eigenvalue weighted by Gasteiger charge is 2.33. The van der Waals surface area contributed by atoms with Gasteiger partial charge in [0.05, 0.1) is 14.2 Å². The van der Waals surface area contributed by atoms with E-state index in [0.717, 1.165) is 5.71 Å². The van der Waals surface area contributed by atoms with Crippen LogP contribution in [-0.4, -0.2) is 25.9 Å². The number of carbonyl (C=O) groups excluding carboxylic acids is 1. The topological polar surface area (TPSA) is 84.8 Å². The van der Waals surface area contributed by atoms with Gasteiger partial charge in [-0.3, -0.25) is 0 Å². The minimum absolute atomic E-state index is 0.0136. The van der Waals surface area contributed by atoms with Gasteiger partial charge in [-0.2, -0.15) is 5.26 Å². The molecule has 0 spiro atoms. The first-order valence-corrected chi connectivity index (χ1v) is 7.26. The van der Waals surface area contributed by atoms with Gasteiger partial charge in [-0.15, -0.1) is 0 Å². The van der Waals surface area contributed by atoms with Gasteiger partial charge in [0.15, 0.2) is 5.56 Å². The van der Waals surface area contributed by atoms with Crippen molar-refractivity contribution in [2.45, 2.75) is 41.5 Å². The summed E-state index contributed by atoms with van der Waals surface area (Å²) in [5.74, 6) is -0.701. The maximum absolute atomic E-state index is 12.1. The number of ether oxygens (including phenoxy) is 2. The summed E-state index contributed by atoms with van der Waals surface area (Å²) < 4.78 is 15.3. The van der Waals surface area contributed by atoms with Gasteiger partial charge in [-0.05, 0) is 0 Å². The van der Waals surface area contributed by atoms with E-state index < -0.39 is 5.97 Å². The van der Waals surface area contributed by atoms with Crippen LogP contribution in [0, 0.1) is 22.2 Å². The lowest BCUT2D eigenvalue weighted by Crippen LogP contribution is -2.32. The van der Waals surface area contributed by atoms with Crippen molar-refractivity contribution in [1.29, 1.82) is 5.26 Å². The number of rotatable bonds is 3. The average molecular weight is 320 g/mol. The lowest BCUT2D eigenvalue weighted by atomic mass is 9.75. The number of aliphatic imine (C=N–C) groups is 1. The number of methoxy groups -OCH3 is 2. The van der Waals surface area contributed by atoms with E-state index in [2.05, 4.69) is 4.99 Å². The third kappa shape index (κ3) is 3.92. The Labute approximate surface area is 137 Å². The van der Waals surface area contributed by atoms with Crippen LogP contribution in [0.1, 0.15) is 57.5 Å². The Morgan fingerprint density at radius 2 is 1.65 bits per heavy atom. The van der Waals surface area contributed by atoms with Crippen LogP contribution in [-0.2, 0) is 4.74 Å². The van der Waals surface area contributed by atoms with Crippen molar-refractivity contribution in [2.75, 3.05) is 14.2 Å². The van der Waals surface area contributed by atoms with Crippen LogP contribution in [0.5, 0.6) is 5.95 Å². The van der Waals surface area contributed by atoms with Crippen LogP contribution in [0.25, 0.3) is 0 Å². The molecule has 0 radical (unpaired) electrons. The summed E-state index contributed by atoms with van der Waals surface area (Å²) in [5, 5.41) is 9.30. The number of hydrogen-bond acceptors (Lipinski definition) is 6. The van der Waals surface area contributed by atoms with E-state index in [-0.39, 0.29) is 33.8 Å². The largest absolute Gasteiger partial charge is 0.467 e. The first kappa shape index (κ1) is 18.8. The lowest BCUT2D eigenvalue weighted by molar-refractivity contribution is 0.0601. The van der Waals surface area contributed by atoms with Gasteiger partial charge in [-0.1, -0.05) is 41.5 Å². The van der Waals surface area contributed by atoms with Gasteiger partial charge < -0.3 is 13.9 Å². The second-order valence-electron chi connectivity index (χ2n) is 7.21. The molecule has 6 nitrogen and oxygen atoms in total. The summed E-state index contributed by atoms with van der Waals surface area (Å²) in [7, 11) is 2.60. The number of nitriles is 1. The summed E-state index contributed by atoms with van der Waals surface area (Å²) >= 11 is 0. The maximum Gasteiger partial charge on any atom is 0.345 e. The van der Waals surface area contributed by atoms with E-state index in [1.54, 1.807) is 0 Å². The fourth-order valence-electron chi connectivity index (χ4n) is 2.58. The number of hydrogen-bond donors (Lipinski definition) is 0. The number of nitrogens with zero attached hydrogens (tertiary/aromatic N) is 2. The molecule has 0 amide bonds. The van der Waals surface area contributed by atoms with Crippen LogP contribution in [0.3, 0.4) is 0 Å². The molecule has 6 heteroatoms. The molecular weight excluding hydrogens is 296 g/mol. The summed E-state index contributed by atoms with van der Waals surface area (Å²) in [6, 6.07) is 1.91. The second-order valence-corrected chi connectivity index (χ2v) is 7.21. The third-order valence-electron chi connectivity index (χ3n) is 3.18. The fourth-order valence-corrected chi connectivity index (χ4v) is 2.58. The summed E-state index contributed by atoms with van der Waals surface area (Å²) in [6.07, 6.45) is 0. The maximum atomic E-state index is 12.1. The molecule has 0 saturated carbocycles. The third-order valence-corrected chi connectivity index (χ3v) is 3.18. The quantitative estimate of drug-likeness (QED) is 0.618. The van der Waals surface area contributed by atoms with Gasteiger partial charge >= 0.3 is 11.9 Å². The molecule has 0 aliphatic heterocycles. The predicted octanol–water partition coefficient (Wildman–Crippen LogP) is 4.11. The molecule has 0 saturated heterocycles. The van der Waals surface area contributed by atoms with E-state index in [1.807, 2.05) is 47.6 Å². The van der Waals surface area contributed by atoms with Crippen molar-refractivity contribution in [3.05, 3.63) is 11.1 Å². The highest BCUT2D eigenvalue weighted by atomic mass is 16.6. The van der Waals surface area contributed by atoms with Crippen LogP contribution < -0.4 is 4.74 Å². The molecule has 0 aromatic carbocycles. The number of furan rings is 1. The standard InChI is InChI=1S/C17H24N2O4/c1-16(2,3)15(17(4,5)6)19-12-11(13(20)21-7)10(9-18)14(22-8)23-12/h1-8H3. The number of carbonyl (C=O) groups is 1. The second kappa shape index (κ2) is 6.45. The summed E-state index contributed by atoms with van der Waals surface area (Å²) in [6.45, 7) is 12.2. The average Bonchev–Trinajstić information content (AvgIpc) is 2.78. The lowest BCUT2D eigenvalue weighted by Gasteiger charge is -2.31. The van der Waals surface area contributed by atoms with Crippen LogP contribution in [0.4, 0.5) is 5.88 Å². The predicted molar refractivity (Wildman–Crippen MR) is 87.3 cm³/mol. The molecule has 1 aromatic rings. The molecule has 126 valence electrons. The van der Waals surface area contributed by atoms with Crippen molar-refractivity contribution in [2.24, 2.45) is 15.8 Å². The molecule has 23 heavy (non-hydrogen) atoms. The van der Waals surface area contributed by atoms with E-state index >= 15 is 0 Å². The highest BCUT2D eigenvalue weighted by Crippen LogP contribution is 2.39. The SMILES string of the molecule is COC(=O)c1c(N=C(C(C)(C)C)C(C)(C)C)oc(OC)c1C#N. The first-order chi connectivity index (χ1) is 10.5. The van der Waals surface area contributed by atoms with E-state index in [0.29, 0.717) is 0 Å². The molecule has 0 aliphatic carbocycles. The van der Waals surface area contributed by atoms with Crippen LogP contribution in [0.15, 0.2) is 9.41 Å². The van der Waals surface area contributed by atoms with E-state index in [1.165, 1.54) is 14.2 Å². The normalized spacial score (nSPS) is 11.6. The zero-order valence-electron chi connectivity index (χ0n) is 15.0. The Kier molecular flexibility index (Phi) is 5.26. The molecule has 0 aliphatic rings. The highest BCUT2D eigenvalue weighted by molar-refractivity contribution is 6.01. The van der Waals surface area contributed by atoms with E-state index in [4.69, 9.17) is 13.9 Å². The molecule has 1 heterocycles. The van der Waals surface area contributed by atoms with Gasteiger partial charge in [0.2, 0.25) is 5.88 Å². The molecule has 0 N–H and O–H groups in total. The Balaban J connectivity index is 3.72. The van der Waals surface area contributed by atoms with Gasteiger partial charge in [0.25, 0.3) is 0 Å². The fraction of sp³-hybridized carbons (Fsp3) is 0.588. The first-order valence-electron chi connectivity index (χ1n) is 7.26. The minimum atomic E-state index is -0.686. The van der Waals surface area contributed by atoms with Crippen LogP contribution >= 0.6 is 0 Å². The summed E-state index contributed by atoms with van der Waals surface area (Å²) in [5.41, 5.74) is 0.297. The van der Waals surface area contributed by atoms with Crippen molar-refractivity contribution >= 4 is 17.6 Å². The Bertz CT molecular complexity index is 648. The Morgan fingerprint density at radius 1 is 1.13 bits per heavy atom. The van der Waals surface area contributed by atoms with Crippen molar-refractivity contribution in [1.82, 2.24) is 0 Å². The van der Waals surface area contributed by atoms with Gasteiger partial charge in [0, 0.05) is 16.5 Å². The number of esters is 1. The molecule has 0 fully saturated rings. The monoisotopic (exact) mass is 320 g/mol.